The number of benzene rings is 2. The average Bonchev–Trinajstić information content (AvgIpc) is 2.34. The highest BCUT2D eigenvalue weighted by atomic mass is 32.2. The number of hydrogen-bond acceptors (Lipinski definition) is 6. The minimum absolute atomic E-state index is 0.110. The normalized spacial score (nSPS) is 12.6. The van der Waals surface area contributed by atoms with Crippen LogP contribution < -0.4 is 5.48 Å². The van der Waals surface area contributed by atoms with Gasteiger partial charge in [0.05, 0.1) is 5.69 Å². The standard InChI is InChI=1S/C10H9NO7S2/c12-11-6-4-8-7(10(5-6)20(16,17)18)2-1-3-9(8)19(13,14)15/h1-5,11-12H,(H,13,14,15)(H,16,17,18). The molecule has 0 radical (unpaired) electrons. The van der Waals surface area contributed by atoms with Crippen LogP contribution in [0.2, 0.25) is 0 Å². The monoisotopic (exact) mass is 319 g/mol. The molecule has 4 N–H and O–H groups in total. The fourth-order valence-corrected chi connectivity index (χ4v) is 3.26. The maximum absolute atomic E-state index is 11.3. The molecule has 0 aliphatic heterocycles. The highest BCUT2D eigenvalue weighted by Crippen LogP contribution is 2.31. The van der Waals surface area contributed by atoms with Crippen molar-refractivity contribution in [2.24, 2.45) is 0 Å². The topological polar surface area (TPSA) is 141 Å². The minimum Gasteiger partial charge on any atom is -0.291 e. The lowest BCUT2D eigenvalue weighted by Crippen LogP contribution is -2.04. The molecule has 20 heavy (non-hydrogen) atoms. The van der Waals surface area contributed by atoms with Crippen LogP contribution in [-0.2, 0) is 20.2 Å². The van der Waals surface area contributed by atoms with Gasteiger partial charge in [-0.2, -0.15) is 16.8 Å². The SMILES string of the molecule is O=S(=O)(O)c1cc(NO)cc2c(S(=O)(=O)O)cccc12. The van der Waals surface area contributed by atoms with Crippen molar-refractivity contribution in [3.05, 3.63) is 30.3 Å². The molecular weight excluding hydrogens is 310 g/mol. The third-order valence-corrected chi connectivity index (χ3v) is 4.41. The summed E-state index contributed by atoms with van der Waals surface area (Å²) in [6, 6.07) is 5.57. The van der Waals surface area contributed by atoms with Gasteiger partial charge >= 0.3 is 0 Å². The van der Waals surface area contributed by atoms with Crippen LogP contribution in [0.3, 0.4) is 0 Å². The Morgan fingerprint density at radius 1 is 0.850 bits per heavy atom. The second-order valence-corrected chi connectivity index (χ2v) is 6.67. The molecule has 10 heteroatoms. The number of hydrogen-bond donors (Lipinski definition) is 4. The summed E-state index contributed by atoms with van der Waals surface area (Å²) in [5.41, 5.74) is 1.49. The lowest BCUT2D eigenvalue weighted by Gasteiger charge is -2.10. The molecule has 0 aliphatic carbocycles. The number of fused-ring (bicyclic) bond motifs is 1. The Labute approximate surface area is 114 Å². The van der Waals surface area contributed by atoms with Crippen LogP contribution in [0.5, 0.6) is 0 Å². The fraction of sp³-hybridized carbons (Fsp3) is 0. The molecule has 2 rings (SSSR count). The van der Waals surface area contributed by atoms with E-state index in [2.05, 4.69) is 0 Å². The molecule has 0 aromatic heterocycles. The quantitative estimate of drug-likeness (QED) is 0.487. The van der Waals surface area contributed by atoms with Crippen LogP contribution in [0, 0.1) is 0 Å². The molecule has 0 saturated heterocycles. The average molecular weight is 319 g/mol. The highest BCUT2D eigenvalue weighted by Gasteiger charge is 2.20. The molecule has 0 amide bonds. The largest absolute Gasteiger partial charge is 0.295 e. The summed E-state index contributed by atoms with van der Waals surface area (Å²) in [5.74, 6) is 0. The van der Waals surface area contributed by atoms with E-state index in [0.717, 1.165) is 18.2 Å². The van der Waals surface area contributed by atoms with Crippen LogP contribution in [0.4, 0.5) is 5.69 Å². The molecule has 2 aromatic carbocycles. The van der Waals surface area contributed by atoms with Gasteiger partial charge in [-0.25, -0.2) is 0 Å². The van der Waals surface area contributed by atoms with Crippen LogP contribution in [0.25, 0.3) is 10.8 Å². The van der Waals surface area contributed by atoms with E-state index in [9.17, 15) is 16.8 Å². The second-order valence-electron chi connectivity index (χ2n) is 3.89. The summed E-state index contributed by atoms with van der Waals surface area (Å²) in [4.78, 5) is -1.14. The van der Waals surface area contributed by atoms with Gasteiger partial charge < -0.3 is 0 Å². The van der Waals surface area contributed by atoms with E-state index in [1.165, 1.54) is 12.1 Å². The van der Waals surface area contributed by atoms with Gasteiger partial charge in [0, 0.05) is 10.8 Å². The Balaban J connectivity index is 3.05. The summed E-state index contributed by atoms with van der Waals surface area (Å²) < 4.78 is 63.4. The van der Waals surface area contributed by atoms with Crippen molar-refractivity contribution in [2.75, 3.05) is 5.48 Å². The molecule has 2 aromatic rings. The first-order valence-corrected chi connectivity index (χ1v) is 7.94. The minimum atomic E-state index is -4.65. The van der Waals surface area contributed by atoms with E-state index < -0.39 is 30.0 Å². The molecule has 0 saturated carbocycles. The Kier molecular flexibility index (Phi) is 3.44. The first-order valence-electron chi connectivity index (χ1n) is 5.06. The smallest absolute Gasteiger partial charge is 0.291 e. The number of nitrogens with one attached hydrogen (secondary N) is 1. The first kappa shape index (κ1) is 14.7. The van der Waals surface area contributed by atoms with Crippen molar-refractivity contribution in [3.63, 3.8) is 0 Å². The Morgan fingerprint density at radius 2 is 1.45 bits per heavy atom. The van der Waals surface area contributed by atoms with Gasteiger partial charge in [0.25, 0.3) is 20.2 Å². The predicted octanol–water partition coefficient (Wildman–Crippen LogP) is 1.13. The van der Waals surface area contributed by atoms with Crippen LogP contribution in [-0.4, -0.2) is 31.1 Å². The van der Waals surface area contributed by atoms with Gasteiger partial charge in [-0.3, -0.25) is 19.8 Å². The van der Waals surface area contributed by atoms with Crippen LogP contribution >= 0.6 is 0 Å². The summed E-state index contributed by atoms with van der Waals surface area (Å²) in [7, 11) is -9.25. The van der Waals surface area contributed by atoms with Crippen LogP contribution in [0.15, 0.2) is 40.1 Å². The van der Waals surface area contributed by atoms with Crippen molar-refractivity contribution >= 4 is 36.7 Å². The van der Waals surface area contributed by atoms with Gasteiger partial charge in [0.2, 0.25) is 0 Å². The highest BCUT2D eigenvalue weighted by molar-refractivity contribution is 7.86. The fourth-order valence-electron chi connectivity index (χ4n) is 1.83. The third-order valence-electron chi connectivity index (χ3n) is 2.60. The van der Waals surface area contributed by atoms with E-state index >= 15 is 0 Å². The molecule has 0 spiro atoms. The first-order chi connectivity index (χ1) is 9.14. The zero-order valence-electron chi connectivity index (χ0n) is 9.68. The van der Waals surface area contributed by atoms with Gasteiger partial charge in [0.15, 0.2) is 0 Å². The Bertz CT molecular complexity index is 887. The molecular formula is C10H9NO7S2. The summed E-state index contributed by atoms with van der Waals surface area (Å²) >= 11 is 0. The van der Waals surface area contributed by atoms with Crippen molar-refractivity contribution in [2.45, 2.75) is 9.79 Å². The lowest BCUT2D eigenvalue weighted by atomic mass is 10.1. The van der Waals surface area contributed by atoms with Gasteiger partial charge in [0.1, 0.15) is 9.79 Å². The predicted molar refractivity (Wildman–Crippen MR) is 69.0 cm³/mol. The second kappa shape index (κ2) is 4.68. The molecule has 108 valence electrons. The van der Waals surface area contributed by atoms with E-state index in [4.69, 9.17) is 14.3 Å². The van der Waals surface area contributed by atoms with E-state index in [1.54, 1.807) is 5.48 Å². The van der Waals surface area contributed by atoms with Crippen LogP contribution in [0.1, 0.15) is 0 Å². The molecule has 0 fully saturated rings. The maximum atomic E-state index is 11.3. The summed E-state index contributed by atoms with van der Waals surface area (Å²) in [5, 5.41) is 8.57. The third kappa shape index (κ3) is 2.59. The maximum Gasteiger partial charge on any atom is 0.295 e. The zero-order chi connectivity index (χ0) is 15.1. The van der Waals surface area contributed by atoms with Gasteiger partial charge in [-0.15, -0.1) is 0 Å². The van der Waals surface area contributed by atoms with Crippen molar-refractivity contribution in [1.29, 1.82) is 0 Å². The van der Waals surface area contributed by atoms with Gasteiger partial charge in [-0.05, 0) is 18.2 Å². The molecule has 0 heterocycles. The summed E-state index contributed by atoms with van der Waals surface area (Å²) in [6.45, 7) is 0. The zero-order valence-corrected chi connectivity index (χ0v) is 11.3. The molecule has 0 bridgehead atoms. The molecule has 0 aliphatic rings. The molecule has 8 nitrogen and oxygen atoms in total. The number of rotatable bonds is 3. The van der Waals surface area contributed by atoms with Crippen molar-refractivity contribution in [3.8, 4) is 0 Å². The summed E-state index contributed by atoms with van der Waals surface area (Å²) in [6.07, 6.45) is 0. The lowest BCUT2D eigenvalue weighted by molar-refractivity contribution is 0.389. The Hall–Kier alpha value is -1.72. The molecule has 0 unspecified atom stereocenters. The van der Waals surface area contributed by atoms with Gasteiger partial charge in [-0.1, -0.05) is 12.1 Å². The van der Waals surface area contributed by atoms with Crippen molar-refractivity contribution < 1.29 is 31.1 Å². The van der Waals surface area contributed by atoms with E-state index in [1.807, 2.05) is 0 Å². The van der Waals surface area contributed by atoms with E-state index in [-0.39, 0.29) is 16.5 Å². The van der Waals surface area contributed by atoms with Crippen molar-refractivity contribution in [1.82, 2.24) is 0 Å². The Morgan fingerprint density at radius 3 is 1.95 bits per heavy atom. The van der Waals surface area contributed by atoms with E-state index in [0.29, 0.717) is 0 Å². The molecule has 0 atom stereocenters. The number of anilines is 1.